The Bertz CT molecular complexity index is 3170. The Morgan fingerprint density at radius 1 is 0.853 bits per heavy atom. The maximum Gasteiger partial charge on any atom is 0.293 e. The topological polar surface area (TPSA) is 185 Å². The average molecular weight is 1020 g/mol. The van der Waals surface area contributed by atoms with E-state index >= 15 is 0 Å². The normalized spacial score (nSPS) is 24.5. The van der Waals surface area contributed by atoms with Gasteiger partial charge in [-0.25, -0.2) is 9.97 Å². The first-order chi connectivity index (χ1) is 35.9. The SMILES string of the molecule is C=CC(=O)Nc1cc(Nc2nc(-c3ccnc(N4CCn5c(cc6c5CC(C)(C)C6)C4=O)c3CO)cn(C)c2=O)ccc1N1CCN(C2CCN(c3ccc4c(c3)CN(C3CCC(C)(O)CC3)C4=O)[C@H](C)C2)C[C@@H]1C. The molecule has 4 N–H and O–H groups in total. The molecule has 3 aromatic heterocycles. The van der Waals surface area contributed by atoms with E-state index in [0.29, 0.717) is 71.4 Å². The van der Waals surface area contributed by atoms with E-state index < -0.39 is 12.2 Å². The van der Waals surface area contributed by atoms with Gasteiger partial charge in [-0.1, -0.05) is 20.4 Å². The molecule has 4 aliphatic heterocycles. The summed E-state index contributed by atoms with van der Waals surface area (Å²) in [6, 6.07) is 16.8. The zero-order valence-electron chi connectivity index (χ0n) is 44.2. The maximum atomic E-state index is 14.1. The minimum absolute atomic E-state index is 0.0434. The molecule has 17 nitrogen and oxygen atoms in total. The standard InChI is InChI=1S/C58H71N11O6/c1-8-51(71)61-46-28-39(60-52-56(74)63(7)33-47(62-52)44-15-19-59-53(45(44)34-70)68-24-23-67-49(55(68)73)27-37-29-57(4,5)30-50(37)67)9-12-48(46)66-22-21-64(31-36(66)3)41-16-20-65(35(2)25-41)42-10-11-43-38(26-42)32-69(54(43)72)40-13-17-58(6,75)18-14-40/h8-12,15,19,26-28,33,35-36,40-41,70,75H,1,13-14,16-18,20-25,29-32,34H2,2-7H3,(H,60,62)(H,61,71)/t35-,36+,40?,41?,58?/m1/s1. The lowest BCUT2D eigenvalue weighted by Gasteiger charge is -2.48. The molecule has 1 saturated carbocycles. The van der Waals surface area contributed by atoms with Crippen molar-refractivity contribution in [1.29, 1.82) is 0 Å². The molecule has 11 rings (SSSR count). The summed E-state index contributed by atoms with van der Waals surface area (Å²) in [6.45, 7) is 19.2. The number of pyridine rings is 1. The number of piperazine rings is 1. The molecule has 0 bridgehead atoms. The highest BCUT2D eigenvalue weighted by atomic mass is 16.3. The van der Waals surface area contributed by atoms with E-state index in [-0.39, 0.29) is 46.6 Å². The number of hydrogen-bond donors (Lipinski definition) is 4. The van der Waals surface area contributed by atoms with Crippen molar-refractivity contribution in [3.63, 3.8) is 0 Å². The Kier molecular flexibility index (Phi) is 13.0. The molecule has 7 heterocycles. The van der Waals surface area contributed by atoms with E-state index in [4.69, 9.17) is 4.98 Å². The number of aryl methyl sites for hydroxylation is 1. The van der Waals surface area contributed by atoms with Crippen LogP contribution in [0.4, 0.5) is 34.4 Å². The third kappa shape index (κ3) is 9.41. The molecule has 2 aromatic carbocycles. The van der Waals surface area contributed by atoms with Crippen molar-refractivity contribution in [2.24, 2.45) is 12.5 Å². The monoisotopic (exact) mass is 1020 g/mol. The third-order valence-corrected chi connectivity index (χ3v) is 17.2. The van der Waals surface area contributed by atoms with Gasteiger partial charge in [0.1, 0.15) is 11.5 Å². The van der Waals surface area contributed by atoms with Crippen molar-refractivity contribution in [3.05, 3.63) is 118 Å². The van der Waals surface area contributed by atoms with Gasteiger partial charge in [-0.05, 0) is 143 Å². The molecule has 17 heteroatoms. The van der Waals surface area contributed by atoms with Gasteiger partial charge in [0.25, 0.3) is 17.4 Å². The number of aliphatic hydroxyl groups excluding tert-OH is 1. The van der Waals surface area contributed by atoms with Crippen LogP contribution in [-0.4, -0.2) is 119 Å². The summed E-state index contributed by atoms with van der Waals surface area (Å²) in [5.41, 5.74) is 8.63. The maximum absolute atomic E-state index is 14.1. The average Bonchev–Trinajstić information content (AvgIpc) is 4.02. The Hall–Kier alpha value is -6.82. The van der Waals surface area contributed by atoms with Crippen molar-refractivity contribution >= 4 is 52.1 Å². The number of aliphatic hydroxyl groups is 2. The minimum Gasteiger partial charge on any atom is -0.392 e. The van der Waals surface area contributed by atoms with Gasteiger partial charge in [0.2, 0.25) is 5.91 Å². The molecular weight excluding hydrogens is 947 g/mol. The summed E-state index contributed by atoms with van der Waals surface area (Å²) >= 11 is 0. The number of hydrogen-bond acceptors (Lipinski definition) is 12. The first-order valence-electron chi connectivity index (χ1n) is 26.9. The zero-order valence-corrected chi connectivity index (χ0v) is 44.2. The number of amides is 3. The first kappa shape index (κ1) is 50.3. The van der Waals surface area contributed by atoms with Gasteiger partial charge >= 0.3 is 0 Å². The van der Waals surface area contributed by atoms with Crippen LogP contribution < -0.4 is 30.9 Å². The van der Waals surface area contributed by atoms with Gasteiger partial charge in [0, 0.05) is 123 Å². The van der Waals surface area contributed by atoms with Crippen molar-refractivity contribution in [1.82, 2.24) is 28.9 Å². The van der Waals surface area contributed by atoms with Crippen molar-refractivity contribution in [2.45, 2.75) is 135 Å². The van der Waals surface area contributed by atoms with E-state index in [1.165, 1.54) is 27.6 Å². The molecule has 2 saturated heterocycles. The number of nitrogens with one attached hydrogen (secondary N) is 2. The predicted octanol–water partition coefficient (Wildman–Crippen LogP) is 7.01. The number of rotatable bonds is 11. The summed E-state index contributed by atoms with van der Waals surface area (Å²) in [4.78, 5) is 74.9. The fourth-order valence-electron chi connectivity index (χ4n) is 13.2. The highest BCUT2D eigenvalue weighted by Gasteiger charge is 2.41. The molecule has 0 radical (unpaired) electrons. The highest BCUT2D eigenvalue weighted by molar-refractivity contribution is 6.06. The summed E-state index contributed by atoms with van der Waals surface area (Å²) in [6.07, 6.45) is 11.4. The predicted molar refractivity (Wildman–Crippen MR) is 292 cm³/mol. The summed E-state index contributed by atoms with van der Waals surface area (Å²) < 4.78 is 3.58. The quantitative estimate of drug-likeness (QED) is 0.0995. The number of anilines is 6. The van der Waals surface area contributed by atoms with Gasteiger partial charge in [0.05, 0.1) is 29.3 Å². The van der Waals surface area contributed by atoms with E-state index in [1.54, 1.807) is 30.4 Å². The Labute approximate surface area is 438 Å². The van der Waals surface area contributed by atoms with Crippen LogP contribution in [-0.2, 0) is 44.4 Å². The molecule has 1 unspecified atom stereocenters. The Morgan fingerprint density at radius 2 is 1.65 bits per heavy atom. The van der Waals surface area contributed by atoms with Crippen LogP contribution in [0.2, 0.25) is 0 Å². The Balaban J connectivity index is 0.767. The van der Waals surface area contributed by atoms with Gasteiger partial charge < -0.3 is 44.7 Å². The number of nitrogens with zero attached hydrogens (tertiary/aromatic N) is 9. The number of fused-ring (bicyclic) bond motifs is 4. The molecule has 2 aliphatic carbocycles. The second-order valence-corrected chi connectivity index (χ2v) is 23.1. The van der Waals surface area contributed by atoms with Crippen LogP contribution in [0.3, 0.4) is 0 Å². The summed E-state index contributed by atoms with van der Waals surface area (Å²) in [5, 5.41) is 27.6. The van der Waals surface area contributed by atoms with Crippen molar-refractivity contribution in [3.8, 4) is 11.3 Å². The number of aromatic nitrogens is 4. The van der Waals surface area contributed by atoms with E-state index in [0.717, 1.165) is 94.4 Å². The minimum atomic E-state index is -0.638. The number of piperidine rings is 1. The molecule has 394 valence electrons. The van der Waals surface area contributed by atoms with Crippen molar-refractivity contribution < 1.29 is 24.6 Å². The van der Waals surface area contributed by atoms with Crippen LogP contribution in [0, 0.1) is 5.41 Å². The fraction of sp³-hybridized carbons (Fsp3) is 0.483. The Morgan fingerprint density at radius 3 is 2.40 bits per heavy atom. The number of carbonyl (C=O) groups is 3. The van der Waals surface area contributed by atoms with Gasteiger partial charge in [-0.15, -0.1) is 0 Å². The van der Waals surface area contributed by atoms with Gasteiger partial charge in [-0.3, -0.25) is 29.0 Å². The molecule has 3 fully saturated rings. The smallest absolute Gasteiger partial charge is 0.293 e. The lowest BCUT2D eigenvalue weighted by molar-refractivity contribution is -0.111. The molecule has 3 amide bonds. The summed E-state index contributed by atoms with van der Waals surface area (Å²) in [7, 11) is 1.64. The van der Waals surface area contributed by atoms with Gasteiger partial charge in [0.15, 0.2) is 5.82 Å². The number of carbonyl (C=O) groups excluding carboxylic acids is 3. The van der Waals surface area contributed by atoms with Crippen LogP contribution in [0.5, 0.6) is 0 Å². The fourth-order valence-corrected chi connectivity index (χ4v) is 13.2. The lowest BCUT2D eigenvalue weighted by Crippen LogP contribution is -2.58. The zero-order chi connectivity index (χ0) is 52.7. The highest BCUT2D eigenvalue weighted by Crippen LogP contribution is 2.42. The van der Waals surface area contributed by atoms with Crippen LogP contribution >= 0.6 is 0 Å². The molecule has 5 aromatic rings. The number of benzene rings is 2. The summed E-state index contributed by atoms with van der Waals surface area (Å²) in [5.74, 6) is -0.00775. The van der Waals surface area contributed by atoms with E-state index in [9.17, 15) is 29.4 Å². The van der Waals surface area contributed by atoms with Crippen LogP contribution in [0.1, 0.15) is 116 Å². The molecule has 0 spiro atoms. The van der Waals surface area contributed by atoms with Crippen LogP contribution in [0.15, 0.2) is 78.4 Å². The molecule has 75 heavy (non-hydrogen) atoms. The lowest BCUT2D eigenvalue weighted by atomic mass is 9.83. The van der Waals surface area contributed by atoms with Crippen molar-refractivity contribution in [2.75, 3.05) is 58.1 Å². The van der Waals surface area contributed by atoms with E-state index in [1.807, 2.05) is 42.2 Å². The third-order valence-electron chi connectivity index (χ3n) is 17.2. The second-order valence-electron chi connectivity index (χ2n) is 23.1. The molecule has 6 aliphatic rings. The van der Waals surface area contributed by atoms with Gasteiger partial charge in [-0.2, -0.15) is 0 Å². The van der Waals surface area contributed by atoms with E-state index in [2.05, 4.69) is 81.3 Å². The molecule has 3 atom stereocenters. The molecular formula is C58H71N11O6. The van der Waals surface area contributed by atoms with Crippen LogP contribution in [0.25, 0.3) is 11.3 Å². The first-order valence-corrected chi connectivity index (χ1v) is 26.9. The second kappa shape index (κ2) is 19.4. The largest absolute Gasteiger partial charge is 0.392 e.